The van der Waals surface area contributed by atoms with E-state index in [-0.39, 0.29) is 49.0 Å². The predicted molar refractivity (Wildman–Crippen MR) is 128 cm³/mol. The number of likely N-dealkylation sites (N-methyl/N-ethyl adjacent to an activating group) is 1. The van der Waals surface area contributed by atoms with Gasteiger partial charge < -0.3 is 25.4 Å². The zero-order chi connectivity index (χ0) is 25.4. The maximum atomic E-state index is 14.3. The zero-order valence-electron chi connectivity index (χ0n) is 19.5. The van der Waals surface area contributed by atoms with Crippen molar-refractivity contribution in [1.82, 2.24) is 20.3 Å². The van der Waals surface area contributed by atoms with E-state index in [9.17, 15) is 18.8 Å². The number of ether oxygens (including phenoxy) is 2. The number of rotatable bonds is 7. The van der Waals surface area contributed by atoms with Crippen LogP contribution in [0.15, 0.2) is 17.3 Å². The molecule has 3 aliphatic rings. The summed E-state index contributed by atoms with van der Waals surface area (Å²) in [6.45, 7) is 2.76. The first-order chi connectivity index (χ1) is 17.2. The van der Waals surface area contributed by atoms with E-state index in [1.54, 1.807) is 14.0 Å². The van der Waals surface area contributed by atoms with E-state index in [1.807, 2.05) is 0 Å². The van der Waals surface area contributed by atoms with Crippen LogP contribution < -0.4 is 30.5 Å². The van der Waals surface area contributed by atoms with E-state index in [0.717, 1.165) is 0 Å². The Morgan fingerprint density at radius 1 is 1.33 bits per heavy atom. The molecule has 3 N–H and O–H groups in total. The Kier molecular flexibility index (Phi) is 6.26. The molecule has 1 atom stereocenters. The molecule has 5 rings (SSSR count). The van der Waals surface area contributed by atoms with Crippen molar-refractivity contribution in [2.45, 2.75) is 17.6 Å². The van der Waals surface area contributed by atoms with Gasteiger partial charge in [-0.15, -0.1) is 0 Å². The van der Waals surface area contributed by atoms with Gasteiger partial charge in [0, 0.05) is 26.2 Å². The fraction of sp³-hybridized carbons (Fsp3) is 0.429. The number of halogens is 1. The average molecular weight is 519 g/mol. The van der Waals surface area contributed by atoms with Crippen molar-refractivity contribution in [3.63, 3.8) is 0 Å². The Morgan fingerprint density at radius 3 is 3.00 bits per heavy atom. The SMILES string of the molecule is CN1C(=O)CNc2cc(F)c(OCCNC[C@@]3(C)CN(c4cnc5c(n4)NC(=O)CS5)C(=O)O3)nc21. The second-order valence-electron chi connectivity index (χ2n) is 8.60. The molecule has 0 bridgehead atoms. The molecule has 0 spiro atoms. The van der Waals surface area contributed by atoms with Gasteiger partial charge in [0.05, 0.1) is 30.7 Å². The second kappa shape index (κ2) is 9.39. The molecule has 0 radical (unpaired) electrons. The highest BCUT2D eigenvalue weighted by molar-refractivity contribution is 8.00. The Balaban J connectivity index is 1.14. The number of hydrogen-bond acceptors (Lipinski definition) is 11. The molecule has 5 heterocycles. The molecule has 3 amide bonds. The van der Waals surface area contributed by atoms with Crippen molar-refractivity contribution >= 4 is 52.8 Å². The first kappa shape index (κ1) is 24.0. The van der Waals surface area contributed by atoms with Gasteiger partial charge in [-0.25, -0.2) is 19.2 Å². The first-order valence-corrected chi connectivity index (χ1v) is 12.1. The number of carbonyl (C=O) groups is 3. The van der Waals surface area contributed by atoms with Crippen LogP contribution in [0.2, 0.25) is 0 Å². The lowest BCUT2D eigenvalue weighted by Crippen LogP contribution is -2.43. The standard InChI is InChI=1S/C21H23FN8O5S/c1-21(10-30(20(33)35-21)13-6-25-19-16(26-13)27-14(31)8-36-19)9-23-3-4-34-18-11(22)5-12-17(28-18)29(2)15(32)7-24-12/h5-6,23-24H,3-4,7-10H2,1-2H3,(H,26,27,31)/t21-/m0/s1. The van der Waals surface area contributed by atoms with Gasteiger partial charge in [0.15, 0.2) is 23.3 Å². The van der Waals surface area contributed by atoms with Crippen LogP contribution in [0, 0.1) is 5.82 Å². The number of hydrogen-bond donors (Lipinski definition) is 3. The van der Waals surface area contributed by atoms with E-state index >= 15 is 0 Å². The van der Waals surface area contributed by atoms with Gasteiger partial charge in [0.2, 0.25) is 11.8 Å². The number of carbonyl (C=O) groups excluding carboxylic acids is 3. The molecule has 2 aromatic rings. The van der Waals surface area contributed by atoms with E-state index in [1.165, 1.54) is 33.8 Å². The quantitative estimate of drug-likeness (QED) is 0.447. The van der Waals surface area contributed by atoms with Crippen molar-refractivity contribution in [3.8, 4) is 5.88 Å². The molecule has 2 aromatic heterocycles. The van der Waals surface area contributed by atoms with Gasteiger partial charge in [-0.05, 0) is 6.92 Å². The maximum Gasteiger partial charge on any atom is 0.416 e. The molecule has 3 aliphatic heterocycles. The monoisotopic (exact) mass is 518 g/mol. The van der Waals surface area contributed by atoms with Crippen molar-refractivity contribution in [1.29, 1.82) is 0 Å². The number of thioether (sulfide) groups is 1. The number of nitrogens with one attached hydrogen (secondary N) is 3. The summed E-state index contributed by atoms with van der Waals surface area (Å²) in [6, 6.07) is 1.25. The molecule has 0 saturated carbocycles. The zero-order valence-corrected chi connectivity index (χ0v) is 20.3. The lowest BCUT2D eigenvalue weighted by molar-refractivity contribution is -0.117. The van der Waals surface area contributed by atoms with Crippen LogP contribution >= 0.6 is 11.8 Å². The van der Waals surface area contributed by atoms with Crippen LogP contribution in [0.3, 0.4) is 0 Å². The third kappa shape index (κ3) is 4.70. The molecule has 0 aromatic carbocycles. The third-order valence-electron chi connectivity index (χ3n) is 5.71. The summed E-state index contributed by atoms with van der Waals surface area (Å²) >= 11 is 1.28. The highest BCUT2D eigenvalue weighted by Gasteiger charge is 2.43. The summed E-state index contributed by atoms with van der Waals surface area (Å²) < 4.78 is 25.4. The van der Waals surface area contributed by atoms with Crippen LogP contribution in [0.4, 0.5) is 32.3 Å². The van der Waals surface area contributed by atoms with Crippen LogP contribution in [-0.2, 0) is 14.3 Å². The fourth-order valence-electron chi connectivity index (χ4n) is 3.88. The molecule has 1 saturated heterocycles. The van der Waals surface area contributed by atoms with Crippen molar-refractivity contribution in [2.75, 3.05) is 66.0 Å². The molecular weight excluding hydrogens is 495 g/mol. The summed E-state index contributed by atoms with van der Waals surface area (Å²) in [7, 11) is 1.57. The van der Waals surface area contributed by atoms with Gasteiger partial charge in [-0.1, -0.05) is 11.8 Å². The molecule has 0 aliphatic carbocycles. The average Bonchev–Trinajstić information content (AvgIpc) is 3.15. The second-order valence-corrected chi connectivity index (χ2v) is 9.56. The summed E-state index contributed by atoms with van der Waals surface area (Å²) in [5.41, 5.74) is -0.443. The van der Waals surface area contributed by atoms with E-state index in [4.69, 9.17) is 9.47 Å². The fourth-order valence-corrected chi connectivity index (χ4v) is 4.58. The van der Waals surface area contributed by atoms with Crippen molar-refractivity contribution < 1.29 is 28.2 Å². The van der Waals surface area contributed by atoms with E-state index < -0.39 is 17.5 Å². The predicted octanol–water partition coefficient (Wildman–Crippen LogP) is 0.827. The molecular formula is C21H23FN8O5S. The topological polar surface area (TPSA) is 151 Å². The van der Waals surface area contributed by atoms with Gasteiger partial charge in [-0.2, -0.15) is 4.98 Å². The van der Waals surface area contributed by atoms with Crippen molar-refractivity contribution in [3.05, 3.63) is 18.1 Å². The Labute approximate surface area is 209 Å². The minimum absolute atomic E-state index is 0.0736. The number of cyclic esters (lactones) is 1. The summed E-state index contributed by atoms with van der Waals surface area (Å²) in [6.07, 6.45) is 0.894. The number of anilines is 4. The van der Waals surface area contributed by atoms with E-state index in [2.05, 4.69) is 30.9 Å². The summed E-state index contributed by atoms with van der Waals surface area (Å²) in [4.78, 5) is 51.4. The maximum absolute atomic E-state index is 14.3. The third-order valence-corrected chi connectivity index (χ3v) is 6.69. The number of pyridine rings is 1. The lowest BCUT2D eigenvalue weighted by atomic mass is 10.1. The summed E-state index contributed by atoms with van der Waals surface area (Å²) in [5.74, 6) is -0.0558. The van der Waals surface area contributed by atoms with Gasteiger partial charge >= 0.3 is 6.09 Å². The van der Waals surface area contributed by atoms with Crippen molar-refractivity contribution in [2.24, 2.45) is 0 Å². The largest absolute Gasteiger partial charge is 0.474 e. The highest BCUT2D eigenvalue weighted by atomic mass is 32.2. The van der Waals surface area contributed by atoms with Gasteiger partial charge in [0.25, 0.3) is 5.88 Å². The summed E-state index contributed by atoms with van der Waals surface area (Å²) in [5, 5.41) is 9.20. The highest BCUT2D eigenvalue weighted by Crippen LogP contribution is 2.33. The molecule has 15 heteroatoms. The molecule has 13 nitrogen and oxygen atoms in total. The van der Waals surface area contributed by atoms with Crippen LogP contribution in [0.25, 0.3) is 0 Å². The Hall–Kier alpha value is -3.72. The van der Waals surface area contributed by atoms with Crippen LogP contribution in [-0.4, -0.2) is 84.0 Å². The molecule has 1 fully saturated rings. The number of amides is 3. The van der Waals surface area contributed by atoms with E-state index in [0.29, 0.717) is 35.4 Å². The number of nitrogens with zero attached hydrogens (tertiary/aromatic N) is 5. The van der Waals surface area contributed by atoms with Crippen LogP contribution in [0.5, 0.6) is 5.88 Å². The minimum atomic E-state index is -0.864. The molecule has 0 unspecified atom stereocenters. The van der Waals surface area contributed by atoms with Crippen LogP contribution in [0.1, 0.15) is 6.92 Å². The Bertz CT molecular complexity index is 1250. The van der Waals surface area contributed by atoms with Gasteiger partial charge in [0.1, 0.15) is 17.2 Å². The minimum Gasteiger partial charge on any atom is -0.474 e. The number of aromatic nitrogens is 3. The normalized spacial score (nSPS) is 20.9. The first-order valence-electron chi connectivity index (χ1n) is 11.1. The van der Waals surface area contributed by atoms with Gasteiger partial charge in [-0.3, -0.25) is 19.4 Å². The molecule has 190 valence electrons. The number of fused-ring (bicyclic) bond motifs is 2. The Morgan fingerprint density at radius 2 is 2.17 bits per heavy atom. The smallest absolute Gasteiger partial charge is 0.416 e. The lowest BCUT2D eigenvalue weighted by Gasteiger charge is -2.26. The molecule has 36 heavy (non-hydrogen) atoms.